The molecule has 0 aliphatic heterocycles. The van der Waals surface area contributed by atoms with E-state index in [4.69, 9.17) is 9.84 Å². The Morgan fingerprint density at radius 2 is 2.33 bits per heavy atom. The van der Waals surface area contributed by atoms with Crippen molar-refractivity contribution >= 4 is 11.3 Å². The first-order valence-electron chi connectivity index (χ1n) is 4.92. The summed E-state index contributed by atoms with van der Waals surface area (Å²) in [7, 11) is 3.99. The molecule has 0 aromatic carbocycles. The average Bonchev–Trinajstić information content (AvgIpc) is 2.58. The number of hydrogen-bond donors (Lipinski definition) is 1. The fraction of sp³-hybridized carbons (Fsp3) is 0.700. The average molecular weight is 230 g/mol. The molecule has 0 spiro atoms. The molecular weight excluding hydrogens is 212 g/mol. The van der Waals surface area contributed by atoms with Crippen molar-refractivity contribution in [3.05, 3.63) is 16.1 Å². The molecule has 0 amide bonds. The molecule has 1 aromatic heterocycles. The normalized spacial score (nSPS) is 13.4. The van der Waals surface area contributed by atoms with Gasteiger partial charge < -0.3 is 14.7 Å². The second-order valence-electron chi connectivity index (χ2n) is 3.67. The van der Waals surface area contributed by atoms with Gasteiger partial charge in [-0.05, 0) is 21.0 Å². The monoisotopic (exact) mass is 230 g/mol. The smallest absolute Gasteiger partial charge is 0.123 e. The third-order valence-electron chi connectivity index (χ3n) is 1.85. The standard InChI is InChI=1S/C10H18N2O2S/c1-8-7-15-10(11-8)9(6-12(2)3)14-5-4-13/h7,9,13H,4-6H2,1-3H3. The van der Waals surface area contributed by atoms with Gasteiger partial charge in [0.05, 0.1) is 13.2 Å². The number of thiazole rings is 1. The minimum absolute atomic E-state index is 0.0363. The van der Waals surface area contributed by atoms with Gasteiger partial charge in [-0.25, -0.2) is 4.98 Å². The van der Waals surface area contributed by atoms with Gasteiger partial charge >= 0.3 is 0 Å². The quantitative estimate of drug-likeness (QED) is 0.794. The Labute approximate surface area is 94.5 Å². The molecule has 0 radical (unpaired) electrons. The summed E-state index contributed by atoms with van der Waals surface area (Å²) < 4.78 is 5.56. The predicted molar refractivity (Wildman–Crippen MR) is 61.2 cm³/mol. The van der Waals surface area contributed by atoms with Crippen molar-refractivity contribution in [2.75, 3.05) is 33.9 Å². The number of aliphatic hydroxyl groups is 1. The van der Waals surface area contributed by atoms with Crippen molar-refractivity contribution < 1.29 is 9.84 Å². The van der Waals surface area contributed by atoms with Crippen LogP contribution in [0, 0.1) is 6.92 Å². The molecule has 0 fully saturated rings. The summed E-state index contributed by atoms with van der Waals surface area (Å²) in [4.78, 5) is 6.46. The first-order valence-corrected chi connectivity index (χ1v) is 5.80. The first kappa shape index (κ1) is 12.6. The van der Waals surface area contributed by atoms with E-state index in [1.807, 2.05) is 26.4 Å². The van der Waals surface area contributed by atoms with Gasteiger partial charge in [0.15, 0.2) is 0 Å². The Bertz CT molecular complexity index is 289. The molecule has 0 aliphatic carbocycles. The van der Waals surface area contributed by atoms with Gasteiger partial charge in [0.25, 0.3) is 0 Å². The molecule has 86 valence electrons. The van der Waals surface area contributed by atoms with Crippen LogP contribution in [0.3, 0.4) is 0 Å². The van der Waals surface area contributed by atoms with E-state index in [2.05, 4.69) is 9.88 Å². The lowest BCUT2D eigenvalue weighted by molar-refractivity contribution is 0.0139. The van der Waals surface area contributed by atoms with Gasteiger partial charge in [-0.3, -0.25) is 0 Å². The SMILES string of the molecule is Cc1csc(C(CN(C)C)OCCO)n1. The van der Waals surface area contributed by atoms with Gasteiger partial charge in [0.2, 0.25) is 0 Å². The second kappa shape index (κ2) is 6.17. The molecule has 0 aliphatic rings. The number of hydrogen-bond acceptors (Lipinski definition) is 5. The number of aromatic nitrogens is 1. The van der Waals surface area contributed by atoms with Crippen LogP contribution in [0.2, 0.25) is 0 Å². The lowest BCUT2D eigenvalue weighted by Crippen LogP contribution is -2.23. The van der Waals surface area contributed by atoms with Crippen LogP contribution in [0.5, 0.6) is 0 Å². The van der Waals surface area contributed by atoms with Crippen LogP contribution >= 0.6 is 11.3 Å². The minimum atomic E-state index is -0.0363. The summed E-state index contributed by atoms with van der Waals surface area (Å²) >= 11 is 1.61. The van der Waals surface area contributed by atoms with E-state index in [-0.39, 0.29) is 12.7 Å². The van der Waals surface area contributed by atoms with Gasteiger partial charge in [-0.2, -0.15) is 0 Å². The molecule has 5 heteroatoms. The molecule has 0 saturated heterocycles. The zero-order valence-corrected chi connectivity index (χ0v) is 10.3. The Kier molecular flexibility index (Phi) is 5.17. The van der Waals surface area contributed by atoms with E-state index in [1.54, 1.807) is 11.3 Å². The highest BCUT2D eigenvalue weighted by molar-refractivity contribution is 7.09. The van der Waals surface area contributed by atoms with Crippen LogP contribution in [0.1, 0.15) is 16.8 Å². The number of likely N-dealkylation sites (N-methyl/N-ethyl adjacent to an activating group) is 1. The molecule has 1 unspecified atom stereocenters. The van der Waals surface area contributed by atoms with Crippen LogP contribution in [-0.2, 0) is 4.74 Å². The van der Waals surface area contributed by atoms with Gasteiger partial charge in [0, 0.05) is 17.6 Å². The molecule has 1 atom stereocenters. The molecular formula is C10H18N2O2S. The van der Waals surface area contributed by atoms with Gasteiger partial charge in [0.1, 0.15) is 11.1 Å². The summed E-state index contributed by atoms with van der Waals surface area (Å²) in [5.74, 6) is 0. The molecule has 0 saturated carbocycles. The maximum Gasteiger partial charge on any atom is 0.123 e. The number of nitrogens with zero attached hydrogens (tertiary/aromatic N) is 2. The summed E-state index contributed by atoms with van der Waals surface area (Å²) in [6.45, 7) is 3.16. The molecule has 15 heavy (non-hydrogen) atoms. The summed E-state index contributed by atoms with van der Waals surface area (Å²) in [5, 5.41) is 11.7. The highest BCUT2D eigenvalue weighted by Gasteiger charge is 2.16. The number of ether oxygens (including phenoxy) is 1. The lowest BCUT2D eigenvalue weighted by atomic mass is 10.3. The maximum absolute atomic E-state index is 8.75. The number of aliphatic hydroxyl groups excluding tert-OH is 1. The number of rotatable bonds is 6. The van der Waals surface area contributed by atoms with E-state index in [9.17, 15) is 0 Å². The molecule has 4 nitrogen and oxygen atoms in total. The van der Waals surface area contributed by atoms with Gasteiger partial charge in [-0.15, -0.1) is 11.3 Å². The van der Waals surface area contributed by atoms with Crippen molar-refractivity contribution in [2.45, 2.75) is 13.0 Å². The van der Waals surface area contributed by atoms with E-state index < -0.39 is 0 Å². The maximum atomic E-state index is 8.75. The van der Waals surface area contributed by atoms with E-state index in [1.165, 1.54) is 0 Å². The van der Waals surface area contributed by atoms with Crippen LogP contribution in [-0.4, -0.2) is 48.8 Å². The van der Waals surface area contributed by atoms with Crippen LogP contribution < -0.4 is 0 Å². The fourth-order valence-corrected chi connectivity index (χ4v) is 2.08. The fourth-order valence-electron chi connectivity index (χ4n) is 1.25. The third-order valence-corrected chi connectivity index (χ3v) is 2.91. The highest BCUT2D eigenvalue weighted by Crippen LogP contribution is 2.21. The Morgan fingerprint density at radius 1 is 1.60 bits per heavy atom. The van der Waals surface area contributed by atoms with Crippen molar-refractivity contribution in [3.63, 3.8) is 0 Å². The molecule has 1 N–H and O–H groups in total. The van der Waals surface area contributed by atoms with E-state index >= 15 is 0 Å². The van der Waals surface area contributed by atoms with E-state index in [0.29, 0.717) is 6.61 Å². The topological polar surface area (TPSA) is 45.6 Å². The predicted octanol–water partition coefficient (Wildman–Crippen LogP) is 1.06. The largest absolute Gasteiger partial charge is 0.394 e. The van der Waals surface area contributed by atoms with Crippen molar-refractivity contribution in [1.82, 2.24) is 9.88 Å². The lowest BCUT2D eigenvalue weighted by Gasteiger charge is -2.19. The summed E-state index contributed by atoms with van der Waals surface area (Å²) in [6, 6.07) is 0. The zero-order valence-electron chi connectivity index (χ0n) is 9.43. The summed E-state index contributed by atoms with van der Waals surface area (Å²) in [5.41, 5.74) is 1.02. The number of aryl methyl sites for hydroxylation is 1. The van der Waals surface area contributed by atoms with E-state index in [0.717, 1.165) is 17.2 Å². The van der Waals surface area contributed by atoms with Crippen LogP contribution in [0.4, 0.5) is 0 Å². The molecule has 1 heterocycles. The van der Waals surface area contributed by atoms with Crippen molar-refractivity contribution in [2.24, 2.45) is 0 Å². The van der Waals surface area contributed by atoms with Crippen molar-refractivity contribution in [1.29, 1.82) is 0 Å². The van der Waals surface area contributed by atoms with Crippen molar-refractivity contribution in [3.8, 4) is 0 Å². The molecule has 0 bridgehead atoms. The van der Waals surface area contributed by atoms with Crippen LogP contribution in [0.15, 0.2) is 5.38 Å². The molecule has 1 rings (SSSR count). The van der Waals surface area contributed by atoms with Gasteiger partial charge in [-0.1, -0.05) is 0 Å². The minimum Gasteiger partial charge on any atom is -0.394 e. The highest BCUT2D eigenvalue weighted by atomic mass is 32.1. The van der Waals surface area contributed by atoms with Crippen LogP contribution in [0.25, 0.3) is 0 Å². The second-order valence-corrected chi connectivity index (χ2v) is 4.56. The summed E-state index contributed by atoms with van der Waals surface area (Å²) in [6.07, 6.45) is -0.0363. The Morgan fingerprint density at radius 3 is 2.80 bits per heavy atom. The molecule has 1 aromatic rings. The Hall–Kier alpha value is -0.490. The Balaban J connectivity index is 2.62. The first-order chi connectivity index (χ1) is 7.13. The third kappa shape index (κ3) is 4.25. The zero-order chi connectivity index (χ0) is 11.3.